The first-order chi connectivity index (χ1) is 4.45. The van der Waals surface area contributed by atoms with Gasteiger partial charge in [0.2, 0.25) is 0 Å². The summed E-state index contributed by atoms with van der Waals surface area (Å²) in [5.41, 5.74) is -2.06. The largest absolute Gasteiger partial charge is 0.302 e. The summed E-state index contributed by atoms with van der Waals surface area (Å²) < 4.78 is 49.1. The minimum Gasteiger partial charge on any atom is -0.243 e. The third-order valence-electron chi connectivity index (χ3n) is 1.53. The van der Waals surface area contributed by atoms with E-state index in [-0.39, 0.29) is 11.8 Å². The Bertz CT molecular complexity index is 138. The Hall–Kier alpha value is 0.0700. The van der Waals surface area contributed by atoms with Crippen LogP contribution in [-0.2, 0) is 0 Å². The summed E-state index contributed by atoms with van der Waals surface area (Å²) in [6, 6.07) is 0. The number of alkyl halides is 4. The highest BCUT2D eigenvalue weighted by atomic mass is 32.2. The highest BCUT2D eigenvalue weighted by Gasteiger charge is 2.55. The van der Waals surface area contributed by atoms with Crippen LogP contribution in [0.5, 0.6) is 0 Å². The molecule has 0 bridgehead atoms. The van der Waals surface area contributed by atoms with Gasteiger partial charge in [0, 0.05) is 0 Å². The number of rotatable bonds is 0. The third kappa shape index (κ3) is 1.11. The Labute approximate surface area is 60.0 Å². The van der Waals surface area contributed by atoms with Gasteiger partial charge in [-0.3, -0.25) is 0 Å². The quantitative estimate of drug-likeness (QED) is 0.508. The van der Waals surface area contributed by atoms with E-state index in [0.717, 1.165) is 6.92 Å². The summed E-state index contributed by atoms with van der Waals surface area (Å²) in [6.07, 6.45) is -2.03. The van der Waals surface area contributed by atoms with Crippen LogP contribution in [-0.4, -0.2) is 16.9 Å². The molecule has 1 aliphatic rings. The van der Waals surface area contributed by atoms with Crippen molar-refractivity contribution in [2.75, 3.05) is 0 Å². The van der Waals surface area contributed by atoms with E-state index in [1.54, 1.807) is 0 Å². The van der Waals surface area contributed by atoms with Crippen LogP contribution >= 0.6 is 11.8 Å². The molecule has 0 aromatic heterocycles. The van der Waals surface area contributed by atoms with Crippen molar-refractivity contribution in [1.29, 1.82) is 0 Å². The Kier molecular flexibility index (Phi) is 1.87. The van der Waals surface area contributed by atoms with Gasteiger partial charge in [0.1, 0.15) is 6.17 Å². The second kappa shape index (κ2) is 2.29. The Balaban J connectivity index is 2.71. The summed E-state index contributed by atoms with van der Waals surface area (Å²) >= 11 is -0.236. The topological polar surface area (TPSA) is 0 Å². The molecule has 3 unspecified atom stereocenters. The molecule has 1 saturated heterocycles. The van der Waals surface area contributed by atoms with Crippen molar-refractivity contribution >= 4 is 11.8 Å². The molecule has 3 atom stereocenters. The molecule has 0 spiro atoms. The summed E-state index contributed by atoms with van der Waals surface area (Å²) in [5.74, 6) is -1.51. The lowest BCUT2D eigenvalue weighted by Crippen LogP contribution is -2.22. The maximum atomic E-state index is 12.3. The predicted octanol–water partition coefficient (Wildman–Crippen LogP) is 2.60. The number of halogens is 4. The normalized spacial score (nSPS) is 45.9. The van der Waals surface area contributed by atoms with Gasteiger partial charge in [0.25, 0.3) is 0 Å². The highest BCUT2D eigenvalue weighted by molar-refractivity contribution is 8.01. The van der Waals surface area contributed by atoms with Crippen LogP contribution in [0.2, 0.25) is 0 Å². The summed E-state index contributed by atoms with van der Waals surface area (Å²) in [7, 11) is 0. The molecule has 60 valence electrons. The van der Waals surface area contributed by atoms with Gasteiger partial charge in [-0.05, 0) is 11.8 Å². The van der Waals surface area contributed by atoms with E-state index in [9.17, 15) is 17.6 Å². The molecule has 1 aliphatic heterocycles. The zero-order valence-electron chi connectivity index (χ0n) is 5.15. The van der Waals surface area contributed by atoms with Gasteiger partial charge in [-0.1, -0.05) is 6.92 Å². The fraction of sp³-hybridized carbons (Fsp3) is 1.00. The maximum Gasteiger partial charge on any atom is 0.302 e. The zero-order valence-corrected chi connectivity index (χ0v) is 5.97. The molecule has 0 aliphatic carbocycles. The molecule has 0 saturated carbocycles. The lowest BCUT2D eigenvalue weighted by molar-refractivity contribution is 0.0167. The molecule has 0 N–H and O–H groups in total. The summed E-state index contributed by atoms with van der Waals surface area (Å²) in [4.78, 5) is 0. The van der Waals surface area contributed by atoms with Crippen molar-refractivity contribution in [3.8, 4) is 0 Å². The fourth-order valence-corrected chi connectivity index (χ4v) is 1.75. The van der Waals surface area contributed by atoms with Crippen LogP contribution in [0.4, 0.5) is 17.6 Å². The predicted molar refractivity (Wildman–Crippen MR) is 31.5 cm³/mol. The molecule has 1 rings (SSSR count). The van der Waals surface area contributed by atoms with Gasteiger partial charge < -0.3 is 0 Å². The van der Waals surface area contributed by atoms with Gasteiger partial charge >= 0.3 is 5.25 Å². The average molecular weight is 174 g/mol. The molecule has 10 heavy (non-hydrogen) atoms. The smallest absolute Gasteiger partial charge is 0.243 e. The SMILES string of the molecule is CC1C(F)C(F)SC1(F)F. The standard InChI is InChI=1S/C5H6F4S/c1-2-3(6)4(7)10-5(2,8)9/h2-4H,1H3. The first-order valence-corrected chi connectivity index (χ1v) is 3.67. The molecular formula is C5H6F4S. The van der Waals surface area contributed by atoms with E-state index in [2.05, 4.69) is 0 Å². The molecule has 0 amide bonds. The van der Waals surface area contributed by atoms with E-state index in [1.165, 1.54) is 0 Å². The number of thioether (sulfide) groups is 1. The van der Waals surface area contributed by atoms with E-state index >= 15 is 0 Å². The zero-order chi connectivity index (χ0) is 7.94. The van der Waals surface area contributed by atoms with Crippen molar-refractivity contribution in [3.63, 3.8) is 0 Å². The fourth-order valence-electron chi connectivity index (χ4n) is 0.735. The molecular weight excluding hydrogens is 168 g/mol. The van der Waals surface area contributed by atoms with Gasteiger partial charge in [0.15, 0.2) is 5.50 Å². The van der Waals surface area contributed by atoms with E-state index in [0.29, 0.717) is 0 Å². The first-order valence-electron chi connectivity index (χ1n) is 2.79. The van der Waals surface area contributed by atoms with E-state index in [4.69, 9.17) is 0 Å². The first kappa shape index (κ1) is 8.17. The molecule has 0 aromatic carbocycles. The van der Waals surface area contributed by atoms with E-state index < -0.39 is 22.8 Å². The van der Waals surface area contributed by atoms with Crippen molar-refractivity contribution in [3.05, 3.63) is 0 Å². The lowest BCUT2D eigenvalue weighted by Gasteiger charge is -2.12. The molecule has 0 nitrogen and oxygen atoms in total. The third-order valence-corrected chi connectivity index (χ3v) is 2.70. The van der Waals surface area contributed by atoms with Crippen LogP contribution in [0.3, 0.4) is 0 Å². The molecule has 1 fully saturated rings. The molecule has 0 aromatic rings. The van der Waals surface area contributed by atoms with Crippen LogP contribution in [0.25, 0.3) is 0 Å². The Morgan fingerprint density at radius 3 is 1.90 bits per heavy atom. The van der Waals surface area contributed by atoms with Gasteiger partial charge in [-0.25, -0.2) is 8.78 Å². The van der Waals surface area contributed by atoms with Crippen LogP contribution < -0.4 is 0 Å². The Morgan fingerprint density at radius 2 is 1.80 bits per heavy atom. The van der Waals surface area contributed by atoms with Crippen LogP contribution in [0.1, 0.15) is 6.92 Å². The van der Waals surface area contributed by atoms with Gasteiger partial charge in [0.05, 0.1) is 5.92 Å². The maximum absolute atomic E-state index is 12.3. The lowest BCUT2D eigenvalue weighted by atomic mass is 10.1. The van der Waals surface area contributed by atoms with E-state index in [1.807, 2.05) is 0 Å². The van der Waals surface area contributed by atoms with Crippen LogP contribution in [0.15, 0.2) is 0 Å². The summed E-state index contributed by atoms with van der Waals surface area (Å²) in [6.45, 7) is 1.01. The minimum absolute atomic E-state index is 0.236. The van der Waals surface area contributed by atoms with Gasteiger partial charge in [-0.2, -0.15) is 8.78 Å². The monoisotopic (exact) mass is 174 g/mol. The molecule has 5 heteroatoms. The Morgan fingerprint density at radius 1 is 1.30 bits per heavy atom. The summed E-state index contributed by atoms with van der Waals surface area (Å²) in [5, 5.41) is -3.24. The minimum atomic E-state index is -3.24. The van der Waals surface area contributed by atoms with Crippen molar-refractivity contribution in [2.45, 2.75) is 23.9 Å². The van der Waals surface area contributed by atoms with Crippen LogP contribution in [0, 0.1) is 5.92 Å². The number of hydrogen-bond donors (Lipinski definition) is 0. The molecule has 1 heterocycles. The van der Waals surface area contributed by atoms with Crippen molar-refractivity contribution in [2.24, 2.45) is 5.92 Å². The van der Waals surface area contributed by atoms with Gasteiger partial charge in [-0.15, -0.1) is 0 Å². The second-order valence-corrected chi connectivity index (χ2v) is 3.49. The molecule has 0 radical (unpaired) electrons. The van der Waals surface area contributed by atoms with Crippen molar-refractivity contribution in [1.82, 2.24) is 0 Å². The van der Waals surface area contributed by atoms with Crippen molar-refractivity contribution < 1.29 is 17.6 Å². The number of hydrogen-bond acceptors (Lipinski definition) is 1. The average Bonchev–Trinajstić information content (AvgIpc) is 1.95. The highest BCUT2D eigenvalue weighted by Crippen LogP contribution is 2.51. The second-order valence-electron chi connectivity index (χ2n) is 2.26.